The van der Waals surface area contributed by atoms with E-state index in [9.17, 15) is 9.59 Å². The van der Waals surface area contributed by atoms with Crippen molar-refractivity contribution in [2.24, 2.45) is 22.7 Å². The molecule has 1 aliphatic heterocycles. The molecule has 1 amide bonds. The van der Waals surface area contributed by atoms with Crippen LogP contribution in [0, 0.1) is 22.7 Å². The van der Waals surface area contributed by atoms with E-state index in [1.54, 1.807) is 0 Å². The first-order chi connectivity index (χ1) is 16.3. The summed E-state index contributed by atoms with van der Waals surface area (Å²) in [5, 5.41) is 0.832. The molecule has 4 nitrogen and oxygen atoms in total. The lowest BCUT2D eigenvalue weighted by molar-refractivity contribution is -0.226. The molecule has 0 spiro atoms. The first-order valence-electron chi connectivity index (χ1n) is 13.2. The summed E-state index contributed by atoms with van der Waals surface area (Å²) in [6.07, 6.45) is 6.92. The molecule has 4 atom stereocenters. The van der Waals surface area contributed by atoms with Gasteiger partial charge in [0, 0.05) is 23.1 Å². The van der Waals surface area contributed by atoms with E-state index in [0.29, 0.717) is 24.2 Å². The molecular weight excluding hydrogens is 458 g/mol. The van der Waals surface area contributed by atoms with Crippen molar-refractivity contribution in [2.45, 2.75) is 96.9 Å². The van der Waals surface area contributed by atoms with Crippen LogP contribution in [0.15, 0.2) is 30.0 Å². The summed E-state index contributed by atoms with van der Waals surface area (Å²) in [6, 6.07) is 6.55. The van der Waals surface area contributed by atoms with Gasteiger partial charge in [-0.1, -0.05) is 65.3 Å². The lowest BCUT2D eigenvalue weighted by Gasteiger charge is -2.71. The van der Waals surface area contributed by atoms with Crippen molar-refractivity contribution in [1.29, 1.82) is 0 Å². The van der Waals surface area contributed by atoms with Gasteiger partial charge in [-0.2, -0.15) is 0 Å². The molecule has 0 unspecified atom stereocenters. The topological polar surface area (TPSA) is 46.6 Å². The number of esters is 1. The molecule has 0 N–H and O–H groups in total. The Labute approximate surface area is 215 Å². The number of rotatable bonds is 6. The zero-order valence-electron chi connectivity index (χ0n) is 22.3. The maximum atomic E-state index is 13.6. The first-order valence-corrected chi connectivity index (χ1v) is 13.6. The van der Waals surface area contributed by atoms with E-state index in [-0.39, 0.29) is 33.7 Å². The van der Waals surface area contributed by atoms with E-state index in [0.717, 1.165) is 36.3 Å². The van der Waals surface area contributed by atoms with Crippen molar-refractivity contribution in [3.63, 3.8) is 0 Å². The van der Waals surface area contributed by atoms with Crippen LogP contribution in [0.3, 0.4) is 0 Å². The monoisotopic (exact) mass is 497 g/mol. The standard InChI is InChI=1S/C30H40ClNO3/c1-8-18(2)23-14-32(30-15-29(16-30,17-30)26(34)35-7)25(33)13-28(23,6)19-9-10-20(24(31)11-19)21-12-22(21)27(3,4)5/h9-11,14,18,21-22H,8,12-13,15-17H2,1-7H3/t18-,21-,22+,28-,29?,30?/m0/s1. The zero-order chi connectivity index (χ0) is 25.6. The van der Waals surface area contributed by atoms with Gasteiger partial charge in [0.25, 0.3) is 0 Å². The molecule has 1 aromatic rings. The average molecular weight is 498 g/mol. The van der Waals surface area contributed by atoms with E-state index in [1.165, 1.54) is 24.7 Å². The number of hydrogen-bond acceptors (Lipinski definition) is 3. The third kappa shape index (κ3) is 3.61. The van der Waals surface area contributed by atoms with Crippen LogP contribution in [-0.2, 0) is 19.7 Å². The fourth-order valence-electron chi connectivity index (χ4n) is 7.49. The summed E-state index contributed by atoms with van der Waals surface area (Å²) >= 11 is 6.90. The molecule has 6 rings (SSSR count). The van der Waals surface area contributed by atoms with Gasteiger partial charge in [-0.25, -0.2) is 0 Å². The van der Waals surface area contributed by atoms with E-state index in [2.05, 4.69) is 65.9 Å². The molecule has 190 valence electrons. The maximum Gasteiger partial charge on any atom is 0.312 e. The van der Waals surface area contributed by atoms with Crippen molar-refractivity contribution in [3.8, 4) is 0 Å². The summed E-state index contributed by atoms with van der Waals surface area (Å²) in [5.41, 5.74) is 3.00. The molecule has 35 heavy (non-hydrogen) atoms. The van der Waals surface area contributed by atoms with Crippen LogP contribution < -0.4 is 0 Å². The Kier molecular flexibility index (Phi) is 5.57. The number of carbonyl (C=O) groups excluding carboxylic acids is 2. The van der Waals surface area contributed by atoms with Gasteiger partial charge in [0.2, 0.25) is 5.91 Å². The third-order valence-electron chi connectivity index (χ3n) is 9.89. The van der Waals surface area contributed by atoms with Gasteiger partial charge in [-0.05, 0) is 78.0 Å². The number of hydrogen-bond donors (Lipinski definition) is 0. The normalized spacial score (nSPS) is 36.6. The molecule has 0 radical (unpaired) electrons. The van der Waals surface area contributed by atoms with Crippen LogP contribution in [0.4, 0.5) is 0 Å². The highest BCUT2D eigenvalue weighted by molar-refractivity contribution is 6.31. The second kappa shape index (κ2) is 7.84. The predicted octanol–water partition coefficient (Wildman–Crippen LogP) is 7.01. The average Bonchev–Trinajstić information content (AvgIpc) is 3.53. The van der Waals surface area contributed by atoms with Gasteiger partial charge >= 0.3 is 5.97 Å². The number of carbonyl (C=O) groups is 2. The van der Waals surface area contributed by atoms with Crippen LogP contribution in [0.25, 0.3) is 0 Å². The summed E-state index contributed by atoms with van der Waals surface area (Å²) in [4.78, 5) is 27.8. The molecule has 4 fully saturated rings. The summed E-state index contributed by atoms with van der Waals surface area (Å²) < 4.78 is 5.02. The first kappa shape index (κ1) is 24.9. The lowest BCUT2D eigenvalue weighted by Crippen LogP contribution is -2.77. The van der Waals surface area contributed by atoms with Crippen LogP contribution in [-0.4, -0.2) is 29.4 Å². The van der Waals surface area contributed by atoms with Crippen molar-refractivity contribution in [3.05, 3.63) is 46.1 Å². The highest BCUT2D eigenvalue weighted by Gasteiger charge is 2.75. The highest BCUT2D eigenvalue weighted by atomic mass is 35.5. The van der Waals surface area contributed by atoms with Gasteiger partial charge in [0.15, 0.2) is 0 Å². The number of nitrogens with zero attached hydrogens (tertiary/aromatic N) is 1. The number of benzene rings is 1. The fraction of sp³-hybridized carbons (Fsp3) is 0.667. The molecule has 0 saturated heterocycles. The maximum absolute atomic E-state index is 13.6. The molecule has 5 aliphatic rings. The molecule has 1 aromatic carbocycles. The Hall–Kier alpha value is -1.81. The van der Waals surface area contributed by atoms with Crippen molar-refractivity contribution < 1.29 is 14.3 Å². The summed E-state index contributed by atoms with van der Waals surface area (Å²) in [5.74, 6) is 1.56. The second-order valence-electron chi connectivity index (χ2n) is 13.2. The van der Waals surface area contributed by atoms with Gasteiger partial charge in [0.1, 0.15) is 0 Å². The van der Waals surface area contributed by atoms with Crippen LogP contribution >= 0.6 is 11.6 Å². The Bertz CT molecular complexity index is 1100. The lowest BCUT2D eigenvalue weighted by atomic mass is 9.38. The Morgan fingerprint density at radius 2 is 1.91 bits per heavy atom. The summed E-state index contributed by atoms with van der Waals surface area (Å²) in [6.45, 7) is 13.6. The minimum Gasteiger partial charge on any atom is -0.469 e. The van der Waals surface area contributed by atoms with Gasteiger partial charge in [-0.15, -0.1) is 0 Å². The van der Waals surface area contributed by atoms with Gasteiger partial charge in [-0.3, -0.25) is 9.59 Å². The minimum atomic E-state index is -0.387. The van der Waals surface area contributed by atoms with Gasteiger partial charge < -0.3 is 9.64 Å². The second-order valence-corrected chi connectivity index (χ2v) is 13.7. The molecule has 0 aromatic heterocycles. The molecule has 4 aliphatic carbocycles. The number of ether oxygens (including phenoxy) is 1. The van der Waals surface area contributed by atoms with E-state index < -0.39 is 0 Å². The van der Waals surface area contributed by atoms with E-state index >= 15 is 0 Å². The quantitative estimate of drug-likeness (QED) is 0.397. The Balaban J connectivity index is 1.45. The van der Waals surface area contributed by atoms with Crippen molar-refractivity contribution >= 4 is 23.5 Å². The molecular formula is C30H40ClNO3. The molecule has 2 bridgehead atoms. The number of methoxy groups -OCH3 is 1. The Morgan fingerprint density at radius 3 is 2.43 bits per heavy atom. The summed E-state index contributed by atoms with van der Waals surface area (Å²) in [7, 11) is 1.46. The van der Waals surface area contributed by atoms with Crippen LogP contribution in [0.2, 0.25) is 5.02 Å². The number of allylic oxidation sites excluding steroid dienone is 1. The highest BCUT2D eigenvalue weighted by Crippen LogP contribution is 2.71. The minimum absolute atomic E-state index is 0.126. The smallest absolute Gasteiger partial charge is 0.312 e. The van der Waals surface area contributed by atoms with Crippen molar-refractivity contribution in [1.82, 2.24) is 4.90 Å². The van der Waals surface area contributed by atoms with Crippen LogP contribution in [0.1, 0.15) is 97.1 Å². The largest absolute Gasteiger partial charge is 0.469 e. The molecule has 5 heteroatoms. The zero-order valence-corrected chi connectivity index (χ0v) is 23.1. The molecule has 4 saturated carbocycles. The third-order valence-corrected chi connectivity index (χ3v) is 10.2. The molecule has 1 heterocycles. The van der Waals surface area contributed by atoms with E-state index in [4.69, 9.17) is 16.3 Å². The Morgan fingerprint density at radius 1 is 1.26 bits per heavy atom. The van der Waals surface area contributed by atoms with Crippen molar-refractivity contribution in [2.75, 3.05) is 7.11 Å². The van der Waals surface area contributed by atoms with Gasteiger partial charge in [0.05, 0.1) is 18.1 Å². The fourth-order valence-corrected chi connectivity index (χ4v) is 7.81. The SMILES string of the molecule is CC[C@H](C)C1=CN(C23CC(C(=O)OC)(C2)C3)C(=O)C[C@@]1(C)c1ccc([C@@H]2C[C@H]2C(C)(C)C)c(Cl)c1. The number of amides is 1. The van der Waals surface area contributed by atoms with Crippen LogP contribution in [0.5, 0.6) is 0 Å². The predicted molar refractivity (Wildman–Crippen MR) is 139 cm³/mol. The number of halogens is 1. The van der Waals surface area contributed by atoms with E-state index in [1.807, 2.05) is 4.90 Å².